The number of rotatable bonds is 5. The van der Waals surface area contributed by atoms with Crippen molar-refractivity contribution in [3.05, 3.63) is 125 Å². The Morgan fingerprint density at radius 2 is 1.49 bits per heavy atom. The Morgan fingerprint density at radius 1 is 0.744 bits per heavy atom. The second-order valence-corrected chi connectivity index (χ2v) is 10.3. The van der Waals surface area contributed by atoms with E-state index in [-0.39, 0.29) is 5.91 Å². The van der Waals surface area contributed by atoms with Crippen LogP contribution in [0.3, 0.4) is 0 Å². The molecule has 5 heteroatoms. The summed E-state index contributed by atoms with van der Waals surface area (Å²) in [6.45, 7) is 6.93. The molecule has 4 aromatic carbocycles. The van der Waals surface area contributed by atoms with E-state index in [2.05, 4.69) is 79.4 Å². The predicted octanol–water partition coefficient (Wildman–Crippen LogP) is 6.47. The van der Waals surface area contributed by atoms with Crippen molar-refractivity contribution >= 4 is 22.5 Å². The summed E-state index contributed by atoms with van der Waals surface area (Å²) in [6.07, 6.45) is 0.770. The molecule has 5 aromatic rings. The van der Waals surface area contributed by atoms with Gasteiger partial charge in [-0.3, -0.25) is 4.79 Å². The lowest BCUT2D eigenvalue weighted by Gasteiger charge is -2.36. The molecule has 39 heavy (non-hydrogen) atoms. The second kappa shape index (κ2) is 10.7. The fourth-order valence-corrected chi connectivity index (χ4v) is 5.39. The van der Waals surface area contributed by atoms with Gasteiger partial charge in [-0.25, -0.2) is 9.97 Å². The third-order valence-electron chi connectivity index (χ3n) is 7.55. The minimum atomic E-state index is 0.0872. The van der Waals surface area contributed by atoms with E-state index < -0.39 is 0 Å². The fourth-order valence-electron chi connectivity index (χ4n) is 5.39. The number of aromatic nitrogens is 2. The molecule has 1 aliphatic heterocycles. The first kappa shape index (κ1) is 24.8. The molecule has 0 N–H and O–H groups in total. The highest BCUT2D eigenvalue weighted by Gasteiger charge is 2.26. The monoisotopic (exact) mass is 512 g/mol. The van der Waals surface area contributed by atoms with Crippen LogP contribution < -0.4 is 4.90 Å². The number of hydrogen-bond acceptors (Lipinski definition) is 4. The summed E-state index contributed by atoms with van der Waals surface area (Å²) < 4.78 is 0. The summed E-state index contributed by atoms with van der Waals surface area (Å²) in [5.41, 5.74) is 6.33. The van der Waals surface area contributed by atoms with Crippen LogP contribution in [0.2, 0.25) is 0 Å². The van der Waals surface area contributed by atoms with Gasteiger partial charge in [-0.1, -0.05) is 84.4 Å². The van der Waals surface area contributed by atoms with Crippen molar-refractivity contribution in [1.82, 2.24) is 14.9 Å². The van der Waals surface area contributed by atoms with Crippen molar-refractivity contribution in [2.45, 2.75) is 20.3 Å². The van der Waals surface area contributed by atoms with Crippen LogP contribution in [0.5, 0.6) is 0 Å². The summed E-state index contributed by atoms with van der Waals surface area (Å²) in [4.78, 5) is 27.8. The van der Waals surface area contributed by atoms with E-state index in [9.17, 15) is 4.79 Å². The Morgan fingerprint density at radius 3 is 2.26 bits per heavy atom. The summed E-state index contributed by atoms with van der Waals surface area (Å²) in [6, 6.07) is 33.0. The van der Waals surface area contributed by atoms with Crippen LogP contribution in [0.1, 0.15) is 32.7 Å². The van der Waals surface area contributed by atoms with Crippen molar-refractivity contribution in [1.29, 1.82) is 0 Å². The zero-order valence-electron chi connectivity index (χ0n) is 22.5. The zero-order valence-corrected chi connectivity index (χ0v) is 22.5. The lowest BCUT2D eigenvalue weighted by Crippen LogP contribution is -2.49. The lowest BCUT2D eigenvalue weighted by atomic mass is 10.0. The van der Waals surface area contributed by atoms with Crippen molar-refractivity contribution < 1.29 is 4.79 Å². The number of anilines is 1. The Bertz CT molecular complexity index is 1640. The lowest BCUT2D eigenvalue weighted by molar-refractivity contribution is 0.0746. The van der Waals surface area contributed by atoms with E-state index in [1.54, 1.807) is 0 Å². The number of carbonyl (C=O) groups excluding carboxylic acids is 1. The molecule has 0 bridgehead atoms. The van der Waals surface area contributed by atoms with Crippen molar-refractivity contribution in [3.63, 3.8) is 0 Å². The van der Waals surface area contributed by atoms with E-state index in [4.69, 9.17) is 9.97 Å². The predicted molar refractivity (Wildman–Crippen MR) is 158 cm³/mol. The van der Waals surface area contributed by atoms with Crippen LogP contribution in [-0.4, -0.2) is 47.0 Å². The number of nitrogens with zero attached hydrogens (tertiary/aromatic N) is 4. The third kappa shape index (κ3) is 5.26. The van der Waals surface area contributed by atoms with Gasteiger partial charge in [0.15, 0.2) is 5.82 Å². The third-order valence-corrected chi connectivity index (χ3v) is 7.55. The molecular formula is C34H32N4O. The minimum Gasteiger partial charge on any atom is -0.353 e. The molecule has 1 saturated heterocycles. The maximum Gasteiger partial charge on any atom is 0.253 e. The molecule has 6 rings (SSSR count). The van der Waals surface area contributed by atoms with Crippen LogP contribution in [-0.2, 0) is 6.42 Å². The molecule has 0 atom stereocenters. The first-order valence-electron chi connectivity index (χ1n) is 13.6. The molecule has 1 aliphatic rings. The van der Waals surface area contributed by atoms with Gasteiger partial charge in [0, 0.05) is 55.0 Å². The van der Waals surface area contributed by atoms with E-state index in [1.165, 1.54) is 11.1 Å². The second-order valence-electron chi connectivity index (χ2n) is 10.3. The Balaban J connectivity index is 1.28. The van der Waals surface area contributed by atoms with Gasteiger partial charge in [-0.05, 0) is 48.4 Å². The van der Waals surface area contributed by atoms with Crippen LogP contribution in [0.4, 0.5) is 5.82 Å². The number of carbonyl (C=O) groups is 1. The molecule has 1 amide bonds. The molecule has 1 aromatic heterocycles. The molecule has 0 spiro atoms. The summed E-state index contributed by atoms with van der Waals surface area (Å²) >= 11 is 0. The highest BCUT2D eigenvalue weighted by atomic mass is 16.2. The first-order valence-corrected chi connectivity index (χ1v) is 13.6. The van der Waals surface area contributed by atoms with Gasteiger partial charge >= 0.3 is 0 Å². The average molecular weight is 513 g/mol. The molecule has 0 saturated carbocycles. The van der Waals surface area contributed by atoms with Gasteiger partial charge in [0.1, 0.15) is 5.82 Å². The summed E-state index contributed by atoms with van der Waals surface area (Å²) in [5, 5.41) is 2.24. The number of benzene rings is 4. The van der Waals surface area contributed by atoms with E-state index in [0.29, 0.717) is 13.1 Å². The van der Waals surface area contributed by atoms with E-state index in [1.807, 2.05) is 41.3 Å². The normalized spacial score (nSPS) is 13.6. The zero-order chi connectivity index (χ0) is 26.8. The van der Waals surface area contributed by atoms with Gasteiger partial charge < -0.3 is 9.80 Å². The van der Waals surface area contributed by atoms with Crippen molar-refractivity contribution in [3.8, 4) is 11.4 Å². The molecule has 0 unspecified atom stereocenters. The first-order chi connectivity index (χ1) is 19.0. The van der Waals surface area contributed by atoms with Crippen LogP contribution in [0.25, 0.3) is 22.2 Å². The quantitative estimate of drug-likeness (QED) is 0.271. The molecule has 1 fully saturated rings. The number of aryl methyl sites for hydroxylation is 2. The van der Waals surface area contributed by atoms with Gasteiger partial charge in [0.25, 0.3) is 5.91 Å². The minimum absolute atomic E-state index is 0.0872. The standard InChI is InChI=1S/C34H32N4O/c1-24-9-8-14-29(21-24)32-35-25(2)31(22-26-10-4-3-5-11-26)33(36-32)37-17-19-38(20-18-37)34(39)30-16-15-27-12-6-7-13-28(27)23-30/h3-16,21,23H,17-20,22H2,1-2H3. The van der Waals surface area contributed by atoms with Crippen molar-refractivity contribution in [2.75, 3.05) is 31.1 Å². The van der Waals surface area contributed by atoms with Crippen LogP contribution in [0.15, 0.2) is 97.1 Å². The summed E-state index contributed by atoms with van der Waals surface area (Å²) in [5.74, 6) is 1.81. The SMILES string of the molecule is Cc1cccc(-c2nc(C)c(Cc3ccccc3)c(N3CCN(C(=O)c4ccc5ccccc5c4)CC3)n2)c1. The molecule has 0 radical (unpaired) electrons. The highest BCUT2D eigenvalue weighted by molar-refractivity contribution is 5.98. The van der Waals surface area contributed by atoms with Gasteiger partial charge in [0.2, 0.25) is 0 Å². The Hall–Kier alpha value is -4.51. The number of hydrogen-bond donors (Lipinski definition) is 0. The van der Waals surface area contributed by atoms with E-state index in [0.717, 1.165) is 64.3 Å². The van der Waals surface area contributed by atoms with Gasteiger partial charge in [-0.2, -0.15) is 0 Å². The number of fused-ring (bicyclic) bond motifs is 1. The topological polar surface area (TPSA) is 49.3 Å². The fraction of sp³-hybridized carbons (Fsp3) is 0.206. The largest absolute Gasteiger partial charge is 0.353 e. The molecule has 0 aliphatic carbocycles. The number of amides is 1. The number of piperazine rings is 1. The van der Waals surface area contributed by atoms with Gasteiger partial charge in [-0.15, -0.1) is 0 Å². The maximum absolute atomic E-state index is 13.4. The Kier molecular flexibility index (Phi) is 6.80. The van der Waals surface area contributed by atoms with Crippen LogP contribution >= 0.6 is 0 Å². The Labute approximate surface area is 229 Å². The molecule has 2 heterocycles. The van der Waals surface area contributed by atoms with Crippen molar-refractivity contribution in [2.24, 2.45) is 0 Å². The highest BCUT2D eigenvalue weighted by Crippen LogP contribution is 2.29. The average Bonchev–Trinajstić information content (AvgIpc) is 2.98. The summed E-state index contributed by atoms with van der Waals surface area (Å²) in [7, 11) is 0. The smallest absolute Gasteiger partial charge is 0.253 e. The van der Waals surface area contributed by atoms with E-state index >= 15 is 0 Å². The maximum atomic E-state index is 13.4. The molecule has 194 valence electrons. The molecule has 5 nitrogen and oxygen atoms in total. The van der Waals surface area contributed by atoms with Crippen LogP contribution in [0, 0.1) is 13.8 Å². The van der Waals surface area contributed by atoms with Gasteiger partial charge in [0.05, 0.1) is 0 Å². The molecular weight excluding hydrogens is 480 g/mol.